The zero-order chi connectivity index (χ0) is 20.9. The van der Waals surface area contributed by atoms with Crippen molar-refractivity contribution < 1.29 is 14.3 Å². The number of ether oxygens (including phenoxy) is 2. The van der Waals surface area contributed by atoms with Crippen LogP contribution in [-0.2, 0) is 17.7 Å². The number of aryl methyl sites for hydroxylation is 2. The summed E-state index contributed by atoms with van der Waals surface area (Å²) in [7, 11) is 0. The van der Waals surface area contributed by atoms with Crippen molar-refractivity contribution in [3.63, 3.8) is 0 Å². The molecular weight excluding hydrogens is 409 g/mol. The molecule has 0 fully saturated rings. The van der Waals surface area contributed by atoms with Gasteiger partial charge in [0, 0.05) is 6.42 Å². The lowest BCUT2D eigenvalue weighted by Gasteiger charge is -2.17. The lowest BCUT2D eigenvalue weighted by atomic mass is 10.0. The van der Waals surface area contributed by atoms with Gasteiger partial charge in [-0.2, -0.15) is 0 Å². The molecule has 0 spiro atoms. The van der Waals surface area contributed by atoms with Gasteiger partial charge in [-0.1, -0.05) is 72.5 Å². The number of benzene rings is 2. The number of hydrogen-bond acceptors (Lipinski definition) is 4. The van der Waals surface area contributed by atoms with Crippen LogP contribution in [0.15, 0.2) is 58.2 Å². The van der Waals surface area contributed by atoms with Gasteiger partial charge in [0.2, 0.25) is 0 Å². The molecule has 29 heavy (non-hydrogen) atoms. The minimum Gasteiger partial charge on any atom is -0.493 e. The van der Waals surface area contributed by atoms with E-state index in [1.807, 2.05) is 42.5 Å². The second kappa shape index (κ2) is 13.1. The lowest BCUT2D eigenvalue weighted by molar-refractivity contribution is 0.128. The maximum absolute atomic E-state index is 6.07. The van der Waals surface area contributed by atoms with E-state index >= 15 is 0 Å². The molecule has 0 aliphatic heterocycles. The predicted octanol–water partition coefficient (Wildman–Crippen LogP) is 6.33. The van der Waals surface area contributed by atoms with Gasteiger partial charge in [-0.05, 0) is 47.7 Å². The molecule has 0 aliphatic carbocycles. The Hall–Kier alpha value is -2.17. The van der Waals surface area contributed by atoms with Gasteiger partial charge in [0.05, 0.1) is 12.8 Å². The van der Waals surface area contributed by atoms with Crippen molar-refractivity contribution in [1.82, 2.24) is 0 Å². The van der Waals surface area contributed by atoms with Crippen LogP contribution in [0.25, 0.3) is 0 Å². The monoisotopic (exact) mass is 435 g/mol. The topological polar surface area (TPSA) is 40.0 Å². The number of rotatable bonds is 12. The van der Waals surface area contributed by atoms with E-state index in [-0.39, 0.29) is 4.49 Å². The standard InChI is InChI=1S/C23H27Cl2NO3/c1-3-19-15-21(27-14-11-22(24)25)16-20(4-2)23(19)28-12-8-13-29-26-17-18-9-6-5-7-10-18/h5-7,9-11,15-17H,3-4,8,12-14H2,1-2H3. The van der Waals surface area contributed by atoms with Crippen LogP contribution >= 0.6 is 23.2 Å². The van der Waals surface area contributed by atoms with Crippen LogP contribution in [0, 0.1) is 0 Å². The zero-order valence-electron chi connectivity index (χ0n) is 16.9. The Bertz CT molecular complexity index is 778. The van der Waals surface area contributed by atoms with Crippen LogP contribution in [0.1, 0.15) is 37.0 Å². The first-order valence-electron chi connectivity index (χ1n) is 9.77. The predicted molar refractivity (Wildman–Crippen MR) is 121 cm³/mol. The first-order chi connectivity index (χ1) is 14.1. The Morgan fingerprint density at radius 3 is 2.28 bits per heavy atom. The van der Waals surface area contributed by atoms with Crippen molar-refractivity contribution in [1.29, 1.82) is 0 Å². The van der Waals surface area contributed by atoms with Crippen LogP contribution in [-0.4, -0.2) is 26.0 Å². The second-order valence-electron chi connectivity index (χ2n) is 6.26. The van der Waals surface area contributed by atoms with Crippen LogP contribution < -0.4 is 9.47 Å². The van der Waals surface area contributed by atoms with E-state index in [1.165, 1.54) is 0 Å². The first-order valence-corrected chi connectivity index (χ1v) is 10.5. The van der Waals surface area contributed by atoms with E-state index < -0.39 is 0 Å². The Balaban J connectivity index is 1.85. The number of oxime groups is 1. The summed E-state index contributed by atoms with van der Waals surface area (Å²) in [6.45, 7) is 5.59. The molecule has 2 aromatic carbocycles. The third-order valence-corrected chi connectivity index (χ3v) is 4.48. The SMILES string of the molecule is CCc1cc(OCC=C(Cl)Cl)cc(CC)c1OCCCON=Cc1ccccc1. The normalized spacial score (nSPS) is 10.8. The summed E-state index contributed by atoms with van der Waals surface area (Å²) in [6.07, 6.45) is 5.77. The molecule has 2 aromatic rings. The molecule has 0 atom stereocenters. The smallest absolute Gasteiger partial charge is 0.125 e. The average Bonchev–Trinajstić information content (AvgIpc) is 2.73. The molecule has 0 heterocycles. The molecule has 0 aromatic heterocycles. The highest BCUT2D eigenvalue weighted by atomic mass is 35.5. The fourth-order valence-electron chi connectivity index (χ4n) is 2.70. The average molecular weight is 436 g/mol. The van der Waals surface area contributed by atoms with Gasteiger partial charge in [0.1, 0.15) is 29.2 Å². The van der Waals surface area contributed by atoms with Crippen molar-refractivity contribution >= 4 is 29.4 Å². The molecule has 0 saturated carbocycles. The number of halogens is 2. The fourth-order valence-corrected chi connectivity index (χ4v) is 2.83. The van der Waals surface area contributed by atoms with Gasteiger partial charge in [0.25, 0.3) is 0 Å². The molecule has 0 bridgehead atoms. The zero-order valence-corrected chi connectivity index (χ0v) is 18.4. The highest BCUT2D eigenvalue weighted by Crippen LogP contribution is 2.31. The molecule has 156 valence electrons. The largest absolute Gasteiger partial charge is 0.493 e. The van der Waals surface area contributed by atoms with Gasteiger partial charge in [-0.15, -0.1) is 0 Å². The molecule has 0 aliphatic rings. The highest BCUT2D eigenvalue weighted by molar-refractivity contribution is 6.55. The van der Waals surface area contributed by atoms with Crippen LogP contribution in [0.4, 0.5) is 0 Å². The van der Waals surface area contributed by atoms with Gasteiger partial charge in [0.15, 0.2) is 0 Å². The van der Waals surface area contributed by atoms with E-state index in [0.29, 0.717) is 19.8 Å². The molecule has 0 radical (unpaired) electrons. The summed E-state index contributed by atoms with van der Waals surface area (Å²) >= 11 is 11.3. The van der Waals surface area contributed by atoms with E-state index in [1.54, 1.807) is 12.3 Å². The highest BCUT2D eigenvalue weighted by Gasteiger charge is 2.11. The summed E-state index contributed by atoms with van der Waals surface area (Å²) in [5, 5.41) is 3.99. The second-order valence-corrected chi connectivity index (χ2v) is 7.27. The van der Waals surface area contributed by atoms with Crippen molar-refractivity contribution in [3.05, 3.63) is 69.7 Å². The van der Waals surface area contributed by atoms with E-state index in [2.05, 4.69) is 19.0 Å². The summed E-state index contributed by atoms with van der Waals surface area (Å²) in [4.78, 5) is 5.31. The van der Waals surface area contributed by atoms with Crippen molar-refractivity contribution in [2.45, 2.75) is 33.1 Å². The summed E-state index contributed by atoms with van der Waals surface area (Å²) < 4.78 is 12.0. The van der Waals surface area contributed by atoms with Crippen molar-refractivity contribution in [2.24, 2.45) is 5.16 Å². The Morgan fingerprint density at radius 2 is 1.66 bits per heavy atom. The van der Waals surface area contributed by atoms with Gasteiger partial charge in [-0.3, -0.25) is 0 Å². The molecule has 2 rings (SSSR count). The van der Waals surface area contributed by atoms with E-state index in [9.17, 15) is 0 Å². The van der Waals surface area contributed by atoms with Crippen LogP contribution in [0.5, 0.6) is 11.5 Å². The van der Waals surface area contributed by atoms with E-state index in [0.717, 1.165) is 47.5 Å². The maximum Gasteiger partial charge on any atom is 0.125 e. The Morgan fingerprint density at radius 1 is 0.966 bits per heavy atom. The quantitative estimate of drug-likeness (QED) is 0.222. The third-order valence-electron chi connectivity index (χ3n) is 4.17. The first kappa shape index (κ1) is 23.1. The molecule has 0 unspecified atom stereocenters. The lowest BCUT2D eigenvalue weighted by Crippen LogP contribution is -2.06. The van der Waals surface area contributed by atoms with Gasteiger partial charge < -0.3 is 14.3 Å². The molecule has 0 N–H and O–H groups in total. The van der Waals surface area contributed by atoms with Crippen molar-refractivity contribution in [2.75, 3.05) is 19.8 Å². The van der Waals surface area contributed by atoms with Gasteiger partial charge >= 0.3 is 0 Å². The minimum atomic E-state index is 0.201. The maximum atomic E-state index is 6.07. The molecule has 6 heteroatoms. The Labute approximate surface area is 183 Å². The molecular formula is C23H27Cl2NO3. The molecule has 0 amide bonds. The molecule has 4 nitrogen and oxygen atoms in total. The minimum absolute atomic E-state index is 0.201. The van der Waals surface area contributed by atoms with Crippen molar-refractivity contribution in [3.8, 4) is 11.5 Å². The van der Waals surface area contributed by atoms with Crippen LogP contribution in [0.3, 0.4) is 0 Å². The van der Waals surface area contributed by atoms with Gasteiger partial charge in [-0.25, -0.2) is 0 Å². The summed E-state index contributed by atoms with van der Waals surface area (Å²) in [5.41, 5.74) is 3.24. The fraction of sp³-hybridized carbons (Fsp3) is 0.348. The number of nitrogens with zero attached hydrogens (tertiary/aromatic N) is 1. The van der Waals surface area contributed by atoms with Crippen LogP contribution in [0.2, 0.25) is 0 Å². The summed E-state index contributed by atoms with van der Waals surface area (Å²) in [5.74, 6) is 1.72. The molecule has 0 saturated heterocycles. The summed E-state index contributed by atoms with van der Waals surface area (Å²) in [6, 6.07) is 13.9. The third kappa shape index (κ3) is 8.38. The number of hydrogen-bond donors (Lipinski definition) is 0. The Kier molecular flexibility index (Phi) is 10.5. The van der Waals surface area contributed by atoms with E-state index in [4.69, 9.17) is 37.5 Å².